The van der Waals surface area contributed by atoms with Gasteiger partial charge in [-0.05, 0) is 19.4 Å². The molecular weight excluding hydrogens is 310 g/mol. The number of rotatable bonds is 21. The van der Waals surface area contributed by atoms with E-state index in [1.807, 2.05) is 0 Å². The van der Waals surface area contributed by atoms with Gasteiger partial charge in [0.05, 0.1) is 59.5 Å². The van der Waals surface area contributed by atoms with Crippen molar-refractivity contribution in [3.63, 3.8) is 0 Å². The smallest absolute Gasteiger partial charge is 0.0701 e. The van der Waals surface area contributed by atoms with E-state index in [-0.39, 0.29) is 0 Å². The van der Waals surface area contributed by atoms with E-state index in [0.717, 1.165) is 32.7 Å². The first-order chi connectivity index (χ1) is 11.9. The highest BCUT2D eigenvalue weighted by Gasteiger charge is 1.93. The first-order valence-electron chi connectivity index (χ1n) is 9.51. The van der Waals surface area contributed by atoms with E-state index in [2.05, 4.69) is 19.2 Å². The summed E-state index contributed by atoms with van der Waals surface area (Å²) >= 11 is 0. The van der Waals surface area contributed by atoms with Crippen molar-refractivity contribution in [1.82, 2.24) is 5.32 Å². The van der Waals surface area contributed by atoms with Crippen LogP contribution in [0.15, 0.2) is 0 Å². The first kappa shape index (κ1) is 23.8. The Hall–Kier alpha value is -0.240. The summed E-state index contributed by atoms with van der Waals surface area (Å²) in [6.07, 6.45) is 4.85. The molecule has 0 aromatic carbocycles. The summed E-state index contributed by atoms with van der Waals surface area (Å²) in [5.74, 6) is 0. The number of ether oxygens (including phenoxy) is 5. The molecule has 0 aliphatic heterocycles. The molecule has 0 aromatic heterocycles. The van der Waals surface area contributed by atoms with Crippen molar-refractivity contribution >= 4 is 0 Å². The van der Waals surface area contributed by atoms with Gasteiger partial charge in [0.2, 0.25) is 0 Å². The second-order valence-electron chi connectivity index (χ2n) is 5.52. The van der Waals surface area contributed by atoms with Crippen molar-refractivity contribution in [2.24, 2.45) is 0 Å². The van der Waals surface area contributed by atoms with Crippen LogP contribution in [0.25, 0.3) is 0 Å². The van der Waals surface area contributed by atoms with Gasteiger partial charge in [0.25, 0.3) is 0 Å². The standard InChI is InChI=1S/C18H39NO5/c1-3-5-6-7-19-8-10-21-12-14-23-16-18-24-17-15-22-13-11-20-9-4-2/h19H,3-18H2,1-2H3. The predicted octanol–water partition coefficient (Wildman–Crippen LogP) is 2.26. The maximum absolute atomic E-state index is 5.48. The second-order valence-corrected chi connectivity index (χ2v) is 5.52. The van der Waals surface area contributed by atoms with Crippen molar-refractivity contribution in [2.45, 2.75) is 39.5 Å². The lowest BCUT2D eigenvalue weighted by atomic mass is 10.2. The molecule has 0 atom stereocenters. The molecule has 0 radical (unpaired) electrons. The molecule has 1 N–H and O–H groups in total. The van der Waals surface area contributed by atoms with Gasteiger partial charge in [-0.1, -0.05) is 26.7 Å². The van der Waals surface area contributed by atoms with Crippen molar-refractivity contribution in [3.05, 3.63) is 0 Å². The molecule has 6 heteroatoms. The normalized spacial score (nSPS) is 11.2. The molecule has 0 unspecified atom stereocenters. The Morgan fingerprint density at radius 3 is 1.38 bits per heavy atom. The van der Waals surface area contributed by atoms with Crippen LogP contribution in [-0.2, 0) is 23.7 Å². The first-order valence-corrected chi connectivity index (χ1v) is 9.51. The van der Waals surface area contributed by atoms with Crippen LogP contribution in [0.2, 0.25) is 0 Å². The lowest BCUT2D eigenvalue weighted by Gasteiger charge is -2.08. The zero-order chi connectivity index (χ0) is 17.6. The van der Waals surface area contributed by atoms with Gasteiger partial charge < -0.3 is 29.0 Å². The lowest BCUT2D eigenvalue weighted by Crippen LogP contribution is -2.21. The second kappa shape index (κ2) is 22.8. The highest BCUT2D eigenvalue weighted by molar-refractivity contribution is 4.47. The van der Waals surface area contributed by atoms with Crippen molar-refractivity contribution in [1.29, 1.82) is 0 Å². The lowest BCUT2D eigenvalue weighted by molar-refractivity contribution is -0.0107. The Morgan fingerprint density at radius 2 is 0.917 bits per heavy atom. The molecule has 0 saturated carbocycles. The van der Waals surface area contributed by atoms with Crippen molar-refractivity contribution in [3.8, 4) is 0 Å². The molecule has 0 saturated heterocycles. The minimum absolute atomic E-state index is 0.592. The summed E-state index contributed by atoms with van der Waals surface area (Å²) in [5.41, 5.74) is 0. The molecular formula is C18H39NO5. The van der Waals surface area contributed by atoms with Crippen LogP contribution < -0.4 is 5.32 Å². The number of hydrogen-bond acceptors (Lipinski definition) is 6. The van der Waals surface area contributed by atoms with Crippen LogP contribution >= 0.6 is 0 Å². The molecule has 0 aromatic rings. The van der Waals surface area contributed by atoms with Gasteiger partial charge in [-0.3, -0.25) is 0 Å². The van der Waals surface area contributed by atoms with Crippen LogP contribution in [0.1, 0.15) is 39.5 Å². The average molecular weight is 350 g/mol. The van der Waals surface area contributed by atoms with Crippen molar-refractivity contribution < 1.29 is 23.7 Å². The molecule has 0 aliphatic rings. The molecule has 146 valence electrons. The fourth-order valence-corrected chi connectivity index (χ4v) is 1.90. The minimum atomic E-state index is 0.592. The zero-order valence-electron chi connectivity index (χ0n) is 15.9. The van der Waals surface area contributed by atoms with Crippen LogP contribution in [0, 0.1) is 0 Å². The third kappa shape index (κ3) is 21.8. The fourth-order valence-electron chi connectivity index (χ4n) is 1.90. The fraction of sp³-hybridized carbons (Fsp3) is 1.00. The predicted molar refractivity (Wildman–Crippen MR) is 96.8 cm³/mol. The van der Waals surface area contributed by atoms with Gasteiger partial charge in [0.1, 0.15) is 0 Å². The Kier molecular flexibility index (Phi) is 22.5. The van der Waals surface area contributed by atoms with Gasteiger partial charge in [-0.25, -0.2) is 0 Å². The van der Waals surface area contributed by atoms with E-state index in [1.165, 1.54) is 19.3 Å². The summed E-state index contributed by atoms with van der Waals surface area (Å²) in [5, 5.41) is 3.36. The maximum Gasteiger partial charge on any atom is 0.0701 e. The van der Waals surface area contributed by atoms with E-state index in [4.69, 9.17) is 23.7 Å². The van der Waals surface area contributed by atoms with Gasteiger partial charge in [-0.15, -0.1) is 0 Å². The third-order valence-corrected chi connectivity index (χ3v) is 3.22. The molecule has 0 spiro atoms. The molecule has 24 heavy (non-hydrogen) atoms. The summed E-state index contributed by atoms with van der Waals surface area (Å²) in [6, 6.07) is 0. The van der Waals surface area contributed by atoms with E-state index in [1.54, 1.807) is 0 Å². The van der Waals surface area contributed by atoms with Crippen LogP contribution in [0.3, 0.4) is 0 Å². The highest BCUT2D eigenvalue weighted by Crippen LogP contribution is 1.90. The quantitative estimate of drug-likeness (QED) is 0.321. The Morgan fingerprint density at radius 1 is 0.458 bits per heavy atom. The third-order valence-electron chi connectivity index (χ3n) is 3.22. The summed E-state index contributed by atoms with van der Waals surface area (Å²) in [7, 11) is 0. The van der Waals surface area contributed by atoms with Gasteiger partial charge in [-0.2, -0.15) is 0 Å². The van der Waals surface area contributed by atoms with Crippen LogP contribution in [-0.4, -0.2) is 79.2 Å². The monoisotopic (exact) mass is 349 g/mol. The van der Waals surface area contributed by atoms with E-state index in [9.17, 15) is 0 Å². The Bertz CT molecular complexity index is 198. The highest BCUT2D eigenvalue weighted by atomic mass is 16.6. The van der Waals surface area contributed by atoms with Gasteiger partial charge >= 0.3 is 0 Å². The van der Waals surface area contributed by atoms with Gasteiger partial charge in [0, 0.05) is 13.2 Å². The minimum Gasteiger partial charge on any atom is -0.379 e. The SMILES string of the molecule is CCCCCNCCOCCOCCOCCOCCOCCC. The number of nitrogens with one attached hydrogen (secondary N) is 1. The van der Waals surface area contributed by atoms with Crippen molar-refractivity contribution in [2.75, 3.05) is 79.2 Å². The molecule has 0 fully saturated rings. The van der Waals surface area contributed by atoms with E-state index >= 15 is 0 Å². The molecule has 0 heterocycles. The van der Waals surface area contributed by atoms with Crippen LogP contribution in [0.4, 0.5) is 0 Å². The van der Waals surface area contributed by atoms with Gasteiger partial charge in [0.15, 0.2) is 0 Å². The summed E-state index contributed by atoms with van der Waals surface area (Å²) in [6.45, 7) is 12.8. The summed E-state index contributed by atoms with van der Waals surface area (Å²) < 4.78 is 27.0. The topological polar surface area (TPSA) is 58.2 Å². The average Bonchev–Trinajstić information content (AvgIpc) is 2.60. The van der Waals surface area contributed by atoms with Crippen LogP contribution in [0.5, 0.6) is 0 Å². The maximum atomic E-state index is 5.48. The largest absolute Gasteiger partial charge is 0.379 e. The number of hydrogen-bond donors (Lipinski definition) is 1. The molecule has 0 rings (SSSR count). The zero-order valence-corrected chi connectivity index (χ0v) is 15.9. The Labute approximate surface area is 148 Å². The van der Waals surface area contributed by atoms with E-state index < -0.39 is 0 Å². The molecule has 0 bridgehead atoms. The number of unbranched alkanes of at least 4 members (excludes halogenated alkanes) is 2. The molecule has 6 nitrogen and oxygen atoms in total. The molecule has 0 aliphatic carbocycles. The molecule has 0 amide bonds. The summed E-state index contributed by atoms with van der Waals surface area (Å²) in [4.78, 5) is 0. The van der Waals surface area contributed by atoms with E-state index in [0.29, 0.717) is 52.9 Å². The Balaban J connectivity index is 2.93.